The Balaban J connectivity index is 1.53. The lowest BCUT2D eigenvalue weighted by Gasteiger charge is -2.29. The first-order chi connectivity index (χ1) is 15.3. The molecule has 2 aromatic carbocycles. The van der Waals surface area contributed by atoms with E-state index < -0.39 is 21.6 Å². The number of sulfonamides is 1. The van der Waals surface area contributed by atoms with Crippen molar-refractivity contribution in [2.45, 2.75) is 4.90 Å². The van der Waals surface area contributed by atoms with Gasteiger partial charge in [-0.05, 0) is 36.4 Å². The minimum Gasteiger partial charge on any atom is -0.493 e. The molecule has 0 radical (unpaired) electrons. The summed E-state index contributed by atoms with van der Waals surface area (Å²) < 4.78 is 37.6. The molecule has 10 heteroatoms. The van der Waals surface area contributed by atoms with Gasteiger partial charge in [-0.15, -0.1) is 0 Å². The second kappa shape index (κ2) is 8.73. The van der Waals surface area contributed by atoms with Crippen molar-refractivity contribution in [2.75, 3.05) is 45.7 Å². The lowest BCUT2D eigenvalue weighted by molar-refractivity contribution is -0.883. The molecule has 4 rings (SSSR count). The summed E-state index contributed by atoms with van der Waals surface area (Å²) in [5.41, 5.74) is -0.336. The van der Waals surface area contributed by atoms with Crippen LogP contribution in [0.1, 0.15) is 10.4 Å². The van der Waals surface area contributed by atoms with Crippen molar-refractivity contribution in [1.29, 1.82) is 0 Å². The molecule has 1 amide bonds. The highest BCUT2D eigenvalue weighted by Crippen LogP contribution is 2.25. The van der Waals surface area contributed by atoms with E-state index in [0.717, 1.165) is 13.1 Å². The Labute approximate surface area is 185 Å². The Hall–Kier alpha value is -3.21. The number of quaternary nitrogens is 1. The fourth-order valence-corrected chi connectivity index (χ4v) is 5.04. The maximum Gasteiger partial charge on any atom is 0.349 e. The van der Waals surface area contributed by atoms with E-state index in [2.05, 4.69) is 5.32 Å². The zero-order valence-corrected chi connectivity index (χ0v) is 18.6. The van der Waals surface area contributed by atoms with Gasteiger partial charge in [0.1, 0.15) is 5.56 Å². The van der Waals surface area contributed by atoms with Crippen molar-refractivity contribution < 1.29 is 27.3 Å². The number of hydrogen-bond donors (Lipinski definition) is 2. The first-order valence-corrected chi connectivity index (χ1v) is 11.6. The van der Waals surface area contributed by atoms with Crippen LogP contribution in [0.2, 0.25) is 0 Å². The first kappa shape index (κ1) is 22.0. The molecule has 1 aromatic heterocycles. The van der Waals surface area contributed by atoms with E-state index in [9.17, 15) is 18.0 Å². The number of ether oxygens (including phenoxy) is 1. The molecule has 0 spiro atoms. The molecule has 168 valence electrons. The first-order valence-electron chi connectivity index (χ1n) is 10.1. The predicted octanol–water partition coefficient (Wildman–Crippen LogP) is 0.573. The number of methoxy groups -OCH3 is 1. The highest BCUT2D eigenvalue weighted by atomic mass is 32.2. The second-order valence-corrected chi connectivity index (χ2v) is 9.60. The molecule has 32 heavy (non-hydrogen) atoms. The Bertz CT molecular complexity index is 1310. The summed E-state index contributed by atoms with van der Waals surface area (Å²) in [6.45, 7) is 2.45. The van der Waals surface area contributed by atoms with Crippen molar-refractivity contribution in [1.82, 2.24) is 4.31 Å². The third kappa shape index (κ3) is 4.24. The molecule has 9 nitrogen and oxygen atoms in total. The summed E-state index contributed by atoms with van der Waals surface area (Å²) >= 11 is 0. The van der Waals surface area contributed by atoms with Crippen molar-refractivity contribution >= 4 is 32.6 Å². The average molecular weight is 459 g/mol. The van der Waals surface area contributed by atoms with Crippen molar-refractivity contribution in [2.24, 2.45) is 0 Å². The quantitative estimate of drug-likeness (QED) is 0.541. The van der Waals surface area contributed by atoms with Crippen LogP contribution < -0.4 is 20.6 Å². The number of fused-ring (bicyclic) bond motifs is 1. The summed E-state index contributed by atoms with van der Waals surface area (Å²) in [5, 5.41) is 3.16. The predicted molar refractivity (Wildman–Crippen MR) is 119 cm³/mol. The van der Waals surface area contributed by atoms with Gasteiger partial charge < -0.3 is 19.4 Å². The maximum atomic E-state index is 12.8. The van der Waals surface area contributed by atoms with Gasteiger partial charge in [-0.2, -0.15) is 4.31 Å². The van der Waals surface area contributed by atoms with Crippen LogP contribution in [0.4, 0.5) is 5.69 Å². The second-order valence-electron chi connectivity index (χ2n) is 7.67. The zero-order valence-electron chi connectivity index (χ0n) is 17.8. The Morgan fingerprint density at radius 1 is 1.12 bits per heavy atom. The minimum atomic E-state index is -3.59. The van der Waals surface area contributed by atoms with Crippen molar-refractivity contribution in [3.8, 4) is 5.75 Å². The number of nitrogens with one attached hydrogen (secondary N) is 2. The van der Waals surface area contributed by atoms with E-state index in [1.807, 2.05) is 7.05 Å². The van der Waals surface area contributed by atoms with Gasteiger partial charge in [0.2, 0.25) is 10.0 Å². The summed E-state index contributed by atoms with van der Waals surface area (Å²) in [5.74, 6) is -0.258. The molecular weight excluding hydrogens is 434 g/mol. The summed E-state index contributed by atoms with van der Waals surface area (Å²) in [4.78, 5) is 26.5. The summed E-state index contributed by atoms with van der Waals surface area (Å²) in [7, 11) is -0.0920. The minimum absolute atomic E-state index is 0.160. The molecule has 0 atom stereocenters. The van der Waals surface area contributed by atoms with Crippen LogP contribution in [0, 0.1) is 0 Å². The summed E-state index contributed by atoms with van der Waals surface area (Å²) in [6.07, 6.45) is 0. The molecule has 1 saturated heterocycles. The Morgan fingerprint density at radius 3 is 2.47 bits per heavy atom. The number of amides is 1. The number of nitrogens with zero attached hydrogens (tertiary/aromatic N) is 1. The molecule has 3 aromatic rings. The number of anilines is 1. The number of likely N-dealkylation sites (N-methyl/N-ethyl adjacent to an activating group) is 1. The van der Waals surface area contributed by atoms with E-state index in [-0.39, 0.29) is 16.0 Å². The van der Waals surface area contributed by atoms with E-state index >= 15 is 0 Å². The van der Waals surface area contributed by atoms with Gasteiger partial charge in [0.05, 0.1) is 45.2 Å². The van der Waals surface area contributed by atoms with Crippen LogP contribution in [-0.2, 0) is 10.0 Å². The van der Waals surface area contributed by atoms with Gasteiger partial charge in [-0.25, -0.2) is 13.2 Å². The van der Waals surface area contributed by atoms with Gasteiger partial charge >= 0.3 is 5.63 Å². The van der Waals surface area contributed by atoms with Crippen LogP contribution in [-0.4, -0.2) is 59.0 Å². The monoisotopic (exact) mass is 458 g/mol. The molecule has 2 heterocycles. The Kier molecular flexibility index (Phi) is 6.00. The molecule has 2 N–H and O–H groups in total. The van der Waals surface area contributed by atoms with Gasteiger partial charge in [0.15, 0.2) is 11.3 Å². The number of benzene rings is 2. The van der Waals surface area contributed by atoms with Crippen molar-refractivity contribution in [3.63, 3.8) is 0 Å². The number of carbonyl (C=O) groups excluding carboxylic acids is 1. The number of carbonyl (C=O) groups is 1. The molecule has 1 aliphatic rings. The van der Waals surface area contributed by atoms with Crippen LogP contribution >= 0.6 is 0 Å². The molecule has 0 saturated carbocycles. The van der Waals surface area contributed by atoms with Crippen LogP contribution in [0.15, 0.2) is 62.6 Å². The smallest absolute Gasteiger partial charge is 0.349 e. The summed E-state index contributed by atoms with van der Waals surface area (Å²) in [6, 6.07) is 12.4. The number of hydrogen-bond acceptors (Lipinski definition) is 6. The normalized spacial score (nSPS) is 15.6. The molecule has 1 fully saturated rings. The fourth-order valence-electron chi connectivity index (χ4n) is 3.60. The largest absolute Gasteiger partial charge is 0.493 e. The number of rotatable bonds is 5. The SMILES string of the molecule is COc1cccc2cc(C(=O)Nc3ccc(S(=O)(=O)N4CC[NH+](C)CC4)cc3)c(=O)oc12. The average Bonchev–Trinajstić information content (AvgIpc) is 2.79. The van der Waals surface area contributed by atoms with E-state index in [4.69, 9.17) is 9.15 Å². The molecule has 0 unspecified atom stereocenters. The third-order valence-electron chi connectivity index (χ3n) is 5.51. The maximum absolute atomic E-state index is 12.8. The lowest BCUT2D eigenvalue weighted by Crippen LogP contribution is -3.12. The number of para-hydroxylation sites is 1. The van der Waals surface area contributed by atoms with E-state index in [1.54, 1.807) is 18.2 Å². The highest BCUT2D eigenvalue weighted by molar-refractivity contribution is 7.89. The fraction of sp³-hybridized carbons (Fsp3) is 0.273. The molecule has 0 bridgehead atoms. The Morgan fingerprint density at radius 2 is 1.81 bits per heavy atom. The molecular formula is C22H24N3O6S+. The number of piperazine rings is 1. The van der Waals surface area contributed by atoms with E-state index in [0.29, 0.717) is 29.9 Å². The van der Waals surface area contributed by atoms with E-state index in [1.165, 1.54) is 46.6 Å². The lowest BCUT2D eigenvalue weighted by atomic mass is 10.1. The standard InChI is InChI=1S/C22H23N3O6S/c1-24-10-12-25(13-11-24)32(28,29)17-8-6-16(7-9-17)23-21(26)18-14-15-4-3-5-19(30-2)20(15)31-22(18)27/h3-9,14H,10-13H2,1-2H3,(H,23,26)/p+1. The van der Waals surface area contributed by atoms with Crippen LogP contribution in [0.25, 0.3) is 11.0 Å². The van der Waals surface area contributed by atoms with Gasteiger partial charge in [0, 0.05) is 11.1 Å². The highest BCUT2D eigenvalue weighted by Gasteiger charge is 2.29. The van der Waals surface area contributed by atoms with Gasteiger partial charge in [-0.3, -0.25) is 4.79 Å². The zero-order chi connectivity index (χ0) is 22.9. The molecule has 1 aliphatic heterocycles. The van der Waals surface area contributed by atoms with Gasteiger partial charge in [-0.1, -0.05) is 12.1 Å². The third-order valence-corrected chi connectivity index (χ3v) is 7.43. The van der Waals surface area contributed by atoms with Crippen LogP contribution in [0.5, 0.6) is 5.75 Å². The van der Waals surface area contributed by atoms with Crippen LogP contribution in [0.3, 0.4) is 0 Å². The van der Waals surface area contributed by atoms with Crippen molar-refractivity contribution in [3.05, 3.63) is 64.5 Å². The van der Waals surface area contributed by atoms with Gasteiger partial charge in [0.25, 0.3) is 5.91 Å². The molecule has 0 aliphatic carbocycles. The topological polar surface area (TPSA) is 110 Å².